The lowest BCUT2D eigenvalue weighted by molar-refractivity contribution is -0.128. The molecule has 3 N–H and O–H groups in total. The van der Waals surface area contributed by atoms with E-state index in [0.717, 1.165) is 0 Å². The summed E-state index contributed by atoms with van der Waals surface area (Å²) >= 11 is 0. The fourth-order valence-corrected chi connectivity index (χ4v) is 1.99. The molecule has 22 heavy (non-hydrogen) atoms. The number of amides is 1. The van der Waals surface area contributed by atoms with Crippen molar-refractivity contribution in [1.82, 2.24) is 16.0 Å². The molecule has 0 aromatic heterocycles. The van der Waals surface area contributed by atoms with Gasteiger partial charge in [-0.3, -0.25) is 9.79 Å². The summed E-state index contributed by atoms with van der Waals surface area (Å²) in [5.74, 6) is 0.734. The van der Waals surface area contributed by atoms with Crippen molar-refractivity contribution in [2.24, 2.45) is 10.4 Å². The number of rotatable bonds is 6. The lowest BCUT2D eigenvalue weighted by atomic mass is 9.92. The number of guanidine groups is 1. The first-order valence-electron chi connectivity index (χ1n) is 7.68. The number of carbonyl (C=O) groups excluding carboxylic acids is 1. The van der Waals surface area contributed by atoms with E-state index in [0.29, 0.717) is 25.6 Å². The molecule has 122 valence electrons. The Hall–Kier alpha value is -2.04. The normalized spacial score (nSPS) is 12.0. The zero-order valence-electron chi connectivity index (χ0n) is 14.3. The molecule has 1 amide bonds. The Kier molecular flexibility index (Phi) is 6.89. The van der Waals surface area contributed by atoms with Crippen LogP contribution < -0.4 is 16.0 Å². The number of nitrogens with one attached hydrogen (secondary N) is 3. The van der Waals surface area contributed by atoms with E-state index in [-0.39, 0.29) is 5.91 Å². The molecule has 5 heteroatoms. The number of hydrogen-bond acceptors (Lipinski definition) is 2. The van der Waals surface area contributed by atoms with Crippen LogP contribution in [-0.2, 0) is 11.3 Å². The van der Waals surface area contributed by atoms with Crippen LogP contribution in [0.2, 0.25) is 0 Å². The highest BCUT2D eigenvalue weighted by molar-refractivity contribution is 5.84. The molecule has 0 saturated carbocycles. The maximum atomic E-state index is 12.0. The summed E-state index contributed by atoms with van der Waals surface area (Å²) in [5, 5.41) is 9.35. The molecule has 1 aromatic carbocycles. The molecule has 1 rings (SSSR count). The van der Waals surface area contributed by atoms with Crippen LogP contribution in [0.25, 0.3) is 0 Å². The first-order valence-corrected chi connectivity index (χ1v) is 7.68. The zero-order chi connectivity index (χ0) is 16.6. The largest absolute Gasteiger partial charge is 0.356 e. The molecular weight excluding hydrogens is 276 g/mol. The second kappa shape index (κ2) is 8.41. The standard InChI is InChI=1S/C17H28N4O/c1-6-19-15(22)17(3,4)12-21-16(18-5)20-11-14-10-8-7-9-13(14)2/h7-10H,6,11-12H2,1-5H3,(H,19,22)(H2,18,20,21). The van der Waals surface area contributed by atoms with Crippen molar-refractivity contribution in [3.8, 4) is 0 Å². The summed E-state index contributed by atoms with van der Waals surface area (Å²) in [7, 11) is 1.73. The van der Waals surface area contributed by atoms with Crippen LogP contribution in [0.1, 0.15) is 31.9 Å². The number of aliphatic imine (C=N–C) groups is 1. The van der Waals surface area contributed by atoms with Crippen molar-refractivity contribution in [3.63, 3.8) is 0 Å². The van der Waals surface area contributed by atoms with Crippen molar-refractivity contribution >= 4 is 11.9 Å². The van der Waals surface area contributed by atoms with Gasteiger partial charge < -0.3 is 16.0 Å². The van der Waals surface area contributed by atoms with Gasteiger partial charge in [-0.1, -0.05) is 24.3 Å². The van der Waals surface area contributed by atoms with Crippen LogP contribution in [0.15, 0.2) is 29.3 Å². The molecule has 0 spiro atoms. The van der Waals surface area contributed by atoms with Crippen molar-refractivity contribution in [1.29, 1.82) is 0 Å². The van der Waals surface area contributed by atoms with Gasteiger partial charge in [0, 0.05) is 26.7 Å². The fourth-order valence-electron chi connectivity index (χ4n) is 1.99. The lowest BCUT2D eigenvalue weighted by Gasteiger charge is -2.25. The van der Waals surface area contributed by atoms with Gasteiger partial charge >= 0.3 is 0 Å². The summed E-state index contributed by atoms with van der Waals surface area (Å²) in [5.41, 5.74) is 1.98. The molecule has 0 aliphatic rings. The van der Waals surface area contributed by atoms with Gasteiger partial charge in [-0.25, -0.2) is 0 Å². The summed E-state index contributed by atoms with van der Waals surface area (Å²) in [4.78, 5) is 16.2. The maximum Gasteiger partial charge on any atom is 0.227 e. The molecule has 0 aliphatic carbocycles. The number of aryl methyl sites for hydroxylation is 1. The second-order valence-electron chi connectivity index (χ2n) is 5.95. The van der Waals surface area contributed by atoms with Crippen LogP contribution in [0, 0.1) is 12.3 Å². The van der Waals surface area contributed by atoms with E-state index in [9.17, 15) is 4.79 Å². The highest BCUT2D eigenvalue weighted by Crippen LogP contribution is 2.13. The fraction of sp³-hybridized carbons (Fsp3) is 0.529. The SMILES string of the molecule is CCNC(=O)C(C)(C)CNC(=NC)NCc1ccccc1C. The molecule has 0 fully saturated rings. The summed E-state index contributed by atoms with van der Waals surface area (Å²) in [6, 6.07) is 8.23. The molecule has 0 heterocycles. The van der Waals surface area contributed by atoms with E-state index < -0.39 is 5.41 Å². The van der Waals surface area contributed by atoms with E-state index in [4.69, 9.17) is 0 Å². The average Bonchev–Trinajstić information content (AvgIpc) is 2.49. The van der Waals surface area contributed by atoms with Gasteiger partial charge in [0.2, 0.25) is 5.91 Å². The molecule has 0 unspecified atom stereocenters. The summed E-state index contributed by atoms with van der Waals surface area (Å²) < 4.78 is 0. The Morgan fingerprint density at radius 3 is 2.45 bits per heavy atom. The third-order valence-corrected chi connectivity index (χ3v) is 3.58. The number of carbonyl (C=O) groups is 1. The van der Waals surface area contributed by atoms with E-state index in [2.05, 4.69) is 40.0 Å². The predicted molar refractivity (Wildman–Crippen MR) is 91.8 cm³/mol. The summed E-state index contributed by atoms with van der Waals surface area (Å²) in [6.07, 6.45) is 0. The average molecular weight is 304 g/mol. The Bertz CT molecular complexity index is 523. The second-order valence-corrected chi connectivity index (χ2v) is 5.95. The molecule has 1 aromatic rings. The monoisotopic (exact) mass is 304 g/mol. The van der Waals surface area contributed by atoms with Crippen molar-refractivity contribution < 1.29 is 4.79 Å². The Labute approximate surface area is 133 Å². The maximum absolute atomic E-state index is 12.0. The van der Waals surface area contributed by atoms with Crippen LogP contribution in [-0.4, -0.2) is 32.0 Å². The smallest absolute Gasteiger partial charge is 0.227 e. The molecule has 0 radical (unpaired) electrons. The first kappa shape index (κ1) is 18.0. The molecular formula is C17H28N4O. The Balaban J connectivity index is 2.53. The van der Waals surface area contributed by atoms with Gasteiger partial charge in [0.05, 0.1) is 5.41 Å². The van der Waals surface area contributed by atoms with Crippen molar-refractivity contribution in [3.05, 3.63) is 35.4 Å². The number of benzene rings is 1. The van der Waals surface area contributed by atoms with Crippen LogP contribution in [0.4, 0.5) is 0 Å². The van der Waals surface area contributed by atoms with Gasteiger partial charge in [0.25, 0.3) is 0 Å². The quantitative estimate of drug-likeness (QED) is 0.555. The van der Waals surface area contributed by atoms with Gasteiger partial charge in [-0.2, -0.15) is 0 Å². The lowest BCUT2D eigenvalue weighted by Crippen LogP contribution is -2.47. The Morgan fingerprint density at radius 1 is 1.18 bits per heavy atom. The van der Waals surface area contributed by atoms with E-state index in [1.807, 2.05) is 32.9 Å². The van der Waals surface area contributed by atoms with Gasteiger partial charge in [0.1, 0.15) is 0 Å². The molecule has 0 saturated heterocycles. The molecule has 0 atom stereocenters. The van der Waals surface area contributed by atoms with Crippen molar-refractivity contribution in [2.75, 3.05) is 20.1 Å². The minimum atomic E-state index is -0.490. The minimum Gasteiger partial charge on any atom is -0.356 e. The third kappa shape index (κ3) is 5.39. The predicted octanol–water partition coefficient (Wildman–Crippen LogP) is 1.82. The van der Waals surface area contributed by atoms with Crippen LogP contribution in [0.3, 0.4) is 0 Å². The molecule has 0 aliphatic heterocycles. The minimum absolute atomic E-state index is 0.0388. The highest BCUT2D eigenvalue weighted by atomic mass is 16.2. The van der Waals surface area contributed by atoms with Crippen molar-refractivity contribution in [2.45, 2.75) is 34.2 Å². The summed E-state index contributed by atoms with van der Waals surface area (Å²) in [6.45, 7) is 9.71. The van der Waals surface area contributed by atoms with E-state index in [1.54, 1.807) is 7.05 Å². The van der Waals surface area contributed by atoms with Gasteiger partial charge in [0.15, 0.2) is 5.96 Å². The molecule has 5 nitrogen and oxygen atoms in total. The van der Waals surface area contributed by atoms with Crippen LogP contribution in [0.5, 0.6) is 0 Å². The molecule has 0 bridgehead atoms. The third-order valence-electron chi connectivity index (χ3n) is 3.58. The van der Waals surface area contributed by atoms with Gasteiger partial charge in [-0.15, -0.1) is 0 Å². The number of nitrogens with zero attached hydrogens (tertiary/aromatic N) is 1. The van der Waals surface area contributed by atoms with Gasteiger partial charge in [-0.05, 0) is 38.8 Å². The number of hydrogen-bond donors (Lipinski definition) is 3. The van der Waals surface area contributed by atoms with Crippen LogP contribution >= 0.6 is 0 Å². The highest BCUT2D eigenvalue weighted by Gasteiger charge is 2.27. The topological polar surface area (TPSA) is 65.5 Å². The van der Waals surface area contributed by atoms with E-state index >= 15 is 0 Å². The first-order chi connectivity index (χ1) is 10.4. The Morgan fingerprint density at radius 2 is 1.86 bits per heavy atom. The van der Waals surface area contributed by atoms with E-state index in [1.165, 1.54) is 11.1 Å². The zero-order valence-corrected chi connectivity index (χ0v) is 14.3.